The Balaban J connectivity index is -0.0000000447. The lowest BCUT2D eigenvalue weighted by molar-refractivity contribution is -0.345. The summed E-state index contributed by atoms with van der Waals surface area (Å²) >= 11 is 0. The lowest BCUT2D eigenvalue weighted by Crippen LogP contribution is -2.42. The number of nitrogens with zero attached hydrogens (tertiary/aromatic N) is 4. The summed E-state index contributed by atoms with van der Waals surface area (Å²) in [4.78, 5) is 17.9. The van der Waals surface area contributed by atoms with E-state index in [0.717, 1.165) is 12.7 Å². The number of carbonyl (C=O) groups is 2. The topological polar surface area (TPSA) is 302 Å². The van der Waals surface area contributed by atoms with Gasteiger partial charge in [0.1, 0.15) is 0 Å². The number of hydrazone groups is 2. The van der Waals surface area contributed by atoms with Gasteiger partial charge in [-0.05, 0) is 0 Å². The van der Waals surface area contributed by atoms with Gasteiger partial charge in [0.2, 0.25) is 0 Å². The fourth-order valence-corrected chi connectivity index (χ4v) is 0.0667. The van der Waals surface area contributed by atoms with Crippen LogP contribution in [-0.4, -0.2) is 24.6 Å². The van der Waals surface area contributed by atoms with Crippen LogP contribution in [0.25, 0.3) is 0 Å². The van der Waals surface area contributed by atoms with Gasteiger partial charge in [0.25, 0.3) is 0 Å². The molecule has 14 N–H and O–H groups in total. The van der Waals surface area contributed by atoms with Crippen molar-refractivity contribution in [3.63, 3.8) is 0 Å². The molecule has 0 heterocycles. The fourth-order valence-electron chi connectivity index (χ4n) is 0.0667. The Hall–Kier alpha value is -3.00. The van der Waals surface area contributed by atoms with E-state index in [0.29, 0.717) is 0 Å². The maximum Gasteiger partial charge on any atom is 0.156 e. The molecular formula is C4H16N10O4. The zero-order valence-electron chi connectivity index (χ0n) is 9.73. The van der Waals surface area contributed by atoms with Gasteiger partial charge in [-0.15, -0.1) is 10.2 Å². The predicted octanol–water partition coefficient (Wildman–Crippen LogP) is -2.92. The molecule has 0 aliphatic rings. The van der Waals surface area contributed by atoms with Crippen molar-refractivity contribution in [2.45, 2.75) is 0 Å². The Labute approximate surface area is 101 Å². The van der Waals surface area contributed by atoms with Crippen LogP contribution in [0.4, 0.5) is 0 Å². The molecule has 0 aromatic heterocycles. The number of nitrogens with one attached hydrogen (secondary N) is 2. The zero-order valence-corrected chi connectivity index (χ0v) is 9.73. The molecule has 106 valence electrons. The van der Waals surface area contributed by atoms with E-state index in [-0.39, 0.29) is 12.3 Å². The Morgan fingerprint density at radius 3 is 1.11 bits per heavy atom. The molecule has 0 aromatic rings. The highest BCUT2D eigenvalue weighted by atomic mass is 16.4. The summed E-state index contributed by atoms with van der Waals surface area (Å²) in [5, 5.41) is 29.0. The first-order valence-electron chi connectivity index (χ1n) is 3.06. The Bertz CT molecular complexity index is 247. The summed E-state index contributed by atoms with van der Waals surface area (Å²) in [5.74, 6) is 4.62. The maximum absolute atomic E-state index is 8.93. The SMILES string of the molecule is N=NC=NN.N=NC=NN.O=C([O-])C(=O)[O-].[NH4+].[NH4+]. The molecule has 14 heteroatoms. The molecule has 0 spiro atoms. The smallest absolute Gasteiger partial charge is 0.156 e. The maximum atomic E-state index is 8.93. The van der Waals surface area contributed by atoms with Crippen LogP contribution < -0.4 is 34.2 Å². The third-order valence-electron chi connectivity index (χ3n) is 0.415. The number of rotatable bonds is 2. The van der Waals surface area contributed by atoms with Gasteiger partial charge >= 0.3 is 0 Å². The van der Waals surface area contributed by atoms with Crippen molar-refractivity contribution >= 4 is 24.6 Å². The quantitative estimate of drug-likeness (QED) is 0.0759. The number of hydrogen-bond donors (Lipinski definition) is 6. The van der Waals surface area contributed by atoms with Crippen molar-refractivity contribution in [1.29, 1.82) is 11.1 Å². The second kappa shape index (κ2) is 29.2. The highest BCUT2D eigenvalue weighted by Crippen LogP contribution is 1.45. The van der Waals surface area contributed by atoms with Gasteiger partial charge in [-0.3, -0.25) is 0 Å². The molecule has 14 nitrogen and oxygen atoms in total. The normalized spacial score (nSPS) is 7.33. The summed E-state index contributed by atoms with van der Waals surface area (Å²) in [6.07, 6.45) is 1.89. The van der Waals surface area contributed by atoms with Crippen LogP contribution in [0.2, 0.25) is 0 Å². The molecule has 0 rings (SSSR count). The van der Waals surface area contributed by atoms with Crippen molar-refractivity contribution in [1.82, 2.24) is 12.3 Å². The Kier molecular flexibility index (Phi) is 47.7. The lowest BCUT2D eigenvalue weighted by Gasteiger charge is -1.97. The number of hydrogen-bond acceptors (Lipinski definition) is 10. The molecule has 0 radical (unpaired) electrons. The average Bonchev–Trinajstić information content (AvgIpc) is 2.22. The van der Waals surface area contributed by atoms with Gasteiger partial charge in [-0.1, -0.05) is 0 Å². The van der Waals surface area contributed by atoms with E-state index in [1.54, 1.807) is 0 Å². The van der Waals surface area contributed by atoms with Crippen LogP contribution in [-0.2, 0) is 9.59 Å². The van der Waals surface area contributed by atoms with E-state index in [9.17, 15) is 0 Å². The minimum atomic E-state index is -2.19. The lowest BCUT2D eigenvalue weighted by atomic mass is 10.7. The second-order valence-corrected chi connectivity index (χ2v) is 1.36. The fraction of sp³-hybridized carbons (Fsp3) is 0. The minimum Gasteiger partial charge on any atom is -0.543 e. The predicted molar refractivity (Wildman–Crippen MR) is 57.6 cm³/mol. The first-order chi connectivity index (χ1) is 7.47. The number of quaternary nitrogens is 2. The van der Waals surface area contributed by atoms with Crippen LogP contribution >= 0.6 is 0 Å². The Morgan fingerprint density at radius 2 is 1.11 bits per heavy atom. The summed E-state index contributed by atoms with van der Waals surface area (Å²) in [6.45, 7) is 0. The molecule has 0 aliphatic heterocycles. The van der Waals surface area contributed by atoms with Gasteiger partial charge in [0, 0.05) is 0 Å². The van der Waals surface area contributed by atoms with E-state index in [1.165, 1.54) is 0 Å². The van der Waals surface area contributed by atoms with Crippen molar-refractivity contribution in [3.05, 3.63) is 0 Å². The molecule has 0 saturated carbocycles. The number of aliphatic carboxylic acids is 2. The number of carboxylic acids is 2. The van der Waals surface area contributed by atoms with Crippen LogP contribution in [0.15, 0.2) is 20.4 Å². The molecular weight excluding hydrogens is 252 g/mol. The van der Waals surface area contributed by atoms with E-state index in [2.05, 4.69) is 32.1 Å². The third-order valence-corrected chi connectivity index (χ3v) is 0.415. The first kappa shape index (κ1) is 29.4. The molecule has 0 amide bonds. The van der Waals surface area contributed by atoms with Gasteiger partial charge in [0.05, 0.1) is 11.9 Å². The highest BCUT2D eigenvalue weighted by Gasteiger charge is 1.74. The number of carboxylic acid groups (broad SMARTS) is 2. The Morgan fingerprint density at radius 1 is 0.889 bits per heavy atom. The molecule has 0 aromatic carbocycles. The van der Waals surface area contributed by atoms with Gasteiger partial charge in [0.15, 0.2) is 12.7 Å². The molecule has 18 heavy (non-hydrogen) atoms. The largest absolute Gasteiger partial charge is 0.543 e. The standard InChI is InChI=1S/C2H2O4.2CH4N4.2H3N/c3-1(4)2(5)6;2*2-4-1-5-3;;/h(H,3,4)(H,5,6);2*1-2H,3H2;2*1H3. The summed E-state index contributed by atoms with van der Waals surface area (Å²) in [5.41, 5.74) is 12.0. The van der Waals surface area contributed by atoms with Gasteiger partial charge in [-0.2, -0.15) is 10.2 Å². The number of nitrogens with two attached hydrogens (primary N) is 2. The van der Waals surface area contributed by atoms with Gasteiger partial charge in [-0.25, -0.2) is 11.1 Å². The van der Waals surface area contributed by atoms with Crippen molar-refractivity contribution < 1.29 is 19.8 Å². The van der Waals surface area contributed by atoms with Crippen LogP contribution in [0.3, 0.4) is 0 Å². The molecule has 0 aliphatic carbocycles. The zero-order chi connectivity index (χ0) is 13.4. The second-order valence-electron chi connectivity index (χ2n) is 1.36. The van der Waals surface area contributed by atoms with Crippen LogP contribution in [0.5, 0.6) is 0 Å². The summed E-state index contributed by atoms with van der Waals surface area (Å²) < 4.78 is 0. The van der Waals surface area contributed by atoms with Crippen LogP contribution in [0.1, 0.15) is 0 Å². The van der Waals surface area contributed by atoms with Crippen LogP contribution in [0, 0.1) is 11.1 Å². The number of carbonyl (C=O) groups excluding carboxylic acids is 2. The van der Waals surface area contributed by atoms with E-state index >= 15 is 0 Å². The molecule has 0 atom stereocenters. The molecule has 0 fully saturated rings. The summed E-state index contributed by atoms with van der Waals surface area (Å²) in [7, 11) is 0. The summed E-state index contributed by atoms with van der Waals surface area (Å²) in [6, 6.07) is 0. The molecule has 0 bridgehead atoms. The van der Waals surface area contributed by atoms with Crippen molar-refractivity contribution in [2.75, 3.05) is 0 Å². The van der Waals surface area contributed by atoms with E-state index in [4.69, 9.17) is 30.9 Å². The minimum absolute atomic E-state index is 0. The molecule has 0 unspecified atom stereocenters. The van der Waals surface area contributed by atoms with Crippen molar-refractivity contribution in [3.8, 4) is 0 Å². The van der Waals surface area contributed by atoms with Gasteiger partial charge < -0.3 is 43.8 Å². The van der Waals surface area contributed by atoms with E-state index in [1.807, 2.05) is 0 Å². The third kappa shape index (κ3) is 74.9. The highest BCUT2D eigenvalue weighted by molar-refractivity contribution is 6.25. The van der Waals surface area contributed by atoms with E-state index < -0.39 is 11.9 Å². The average molecular weight is 268 g/mol. The monoisotopic (exact) mass is 268 g/mol. The molecule has 0 saturated heterocycles. The first-order valence-corrected chi connectivity index (χ1v) is 3.06. The van der Waals surface area contributed by atoms with Crippen molar-refractivity contribution in [2.24, 2.45) is 32.1 Å².